The zero-order valence-electron chi connectivity index (χ0n) is 14.2. The Balaban J connectivity index is 3.96. The van der Waals surface area contributed by atoms with Crippen molar-refractivity contribution < 1.29 is 23.5 Å². The number of carboxylic acid groups (broad SMARTS) is 1. The molecule has 0 heterocycles. The van der Waals surface area contributed by atoms with E-state index in [2.05, 4.69) is 13.8 Å². The Morgan fingerprint density at radius 3 is 1.59 bits per heavy atom. The van der Waals surface area contributed by atoms with Crippen molar-refractivity contribution in [2.45, 2.75) is 78.1 Å². The number of unbranched alkanes of at least 4 members (excludes halogenated alkanes) is 8. The van der Waals surface area contributed by atoms with Crippen LogP contribution in [-0.2, 0) is 18.4 Å². The van der Waals surface area contributed by atoms with E-state index >= 15 is 0 Å². The molecule has 22 heavy (non-hydrogen) atoms. The van der Waals surface area contributed by atoms with Crippen molar-refractivity contribution in [3.63, 3.8) is 0 Å². The molecule has 6 heteroatoms. The zero-order valence-corrected chi connectivity index (χ0v) is 15.1. The molecule has 0 atom stereocenters. The molecule has 0 aliphatic heterocycles. The second-order valence-electron chi connectivity index (χ2n) is 5.66. The van der Waals surface area contributed by atoms with Gasteiger partial charge in [-0.15, -0.1) is 0 Å². The van der Waals surface area contributed by atoms with Crippen molar-refractivity contribution in [1.82, 2.24) is 0 Å². The fourth-order valence-corrected chi connectivity index (χ4v) is 3.52. The topological polar surface area (TPSA) is 72.8 Å². The summed E-state index contributed by atoms with van der Waals surface area (Å²) >= 11 is 0. The van der Waals surface area contributed by atoms with E-state index in [1.807, 2.05) is 0 Å². The highest BCUT2D eigenvalue weighted by Gasteiger charge is 2.28. The molecule has 0 radical (unpaired) electrons. The van der Waals surface area contributed by atoms with E-state index in [1.165, 1.54) is 25.7 Å². The van der Waals surface area contributed by atoms with Gasteiger partial charge in [-0.25, -0.2) is 0 Å². The van der Waals surface area contributed by atoms with Crippen molar-refractivity contribution >= 4 is 13.6 Å². The fraction of sp³-hybridized carbons (Fsp3) is 0.938. The maximum atomic E-state index is 12.4. The summed E-state index contributed by atoms with van der Waals surface area (Å²) in [6.07, 6.45) is 10.0. The second-order valence-corrected chi connectivity index (χ2v) is 7.71. The van der Waals surface area contributed by atoms with E-state index in [-0.39, 0.29) is 0 Å². The van der Waals surface area contributed by atoms with E-state index in [0.29, 0.717) is 13.2 Å². The summed E-state index contributed by atoms with van der Waals surface area (Å²) in [6.45, 7) is 4.91. The molecule has 0 amide bonds. The fourth-order valence-electron chi connectivity index (χ4n) is 2.11. The van der Waals surface area contributed by atoms with Crippen molar-refractivity contribution in [2.75, 3.05) is 19.4 Å². The second kappa shape index (κ2) is 14.2. The lowest BCUT2D eigenvalue weighted by Crippen LogP contribution is -2.10. The first-order chi connectivity index (χ1) is 10.5. The minimum Gasteiger partial charge on any atom is -0.481 e. The molecule has 0 aromatic carbocycles. The van der Waals surface area contributed by atoms with Crippen LogP contribution in [0.25, 0.3) is 0 Å². The normalized spacial score (nSPS) is 11.7. The van der Waals surface area contributed by atoms with Gasteiger partial charge >= 0.3 is 13.6 Å². The van der Waals surface area contributed by atoms with Crippen molar-refractivity contribution in [1.29, 1.82) is 0 Å². The van der Waals surface area contributed by atoms with Crippen LogP contribution < -0.4 is 0 Å². The van der Waals surface area contributed by atoms with Gasteiger partial charge in [0.05, 0.1) is 13.2 Å². The summed E-state index contributed by atoms with van der Waals surface area (Å²) in [5.41, 5.74) is 0. The third kappa shape index (κ3) is 13.3. The standard InChI is InChI=1S/C16H33O5P/c1-3-5-7-9-11-13-20-22(19,15-16(17)18)21-14-12-10-8-6-4-2/h3-15H2,1-2H3,(H,17,18). The van der Waals surface area contributed by atoms with Gasteiger partial charge in [-0.05, 0) is 12.8 Å². The molecule has 0 aromatic heterocycles. The molecule has 0 fully saturated rings. The van der Waals surface area contributed by atoms with Crippen LogP contribution >= 0.6 is 7.60 Å². The first kappa shape index (κ1) is 21.6. The highest BCUT2D eigenvalue weighted by Crippen LogP contribution is 2.48. The molecule has 0 unspecified atom stereocenters. The largest absolute Gasteiger partial charge is 0.481 e. The molecule has 0 saturated heterocycles. The van der Waals surface area contributed by atoms with E-state index < -0.39 is 19.7 Å². The van der Waals surface area contributed by atoms with Crippen LogP contribution in [0.4, 0.5) is 0 Å². The number of carbonyl (C=O) groups is 1. The first-order valence-electron chi connectivity index (χ1n) is 8.64. The third-order valence-electron chi connectivity index (χ3n) is 3.40. The maximum absolute atomic E-state index is 12.4. The van der Waals surface area contributed by atoms with Crippen molar-refractivity contribution in [3.05, 3.63) is 0 Å². The summed E-state index contributed by atoms with van der Waals surface area (Å²) in [4.78, 5) is 10.8. The summed E-state index contributed by atoms with van der Waals surface area (Å²) in [5.74, 6) is -1.14. The molecule has 5 nitrogen and oxygen atoms in total. The molecule has 0 aliphatic carbocycles. The number of carboxylic acids is 1. The molecule has 0 aliphatic rings. The van der Waals surface area contributed by atoms with Gasteiger partial charge < -0.3 is 14.2 Å². The Hall–Kier alpha value is -0.380. The van der Waals surface area contributed by atoms with Gasteiger partial charge in [0.15, 0.2) is 0 Å². The molecule has 0 saturated carbocycles. The molecular formula is C16H33O5P. The molecule has 0 rings (SSSR count). The summed E-state index contributed by atoms with van der Waals surface area (Å²) in [5, 5.41) is 8.86. The average Bonchev–Trinajstić information content (AvgIpc) is 2.46. The highest BCUT2D eigenvalue weighted by atomic mass is 31.2. The Labute approximate surface area is 135 Å². The molecular weight excluding hydrogens is 303 g/mol. The molecule has 132 valence electrons. The van der Waals surface area contributed by atoms with Crippen molar-refractivity contribution in [3.8, 4) is 0 Å². The van der Waals surface area contributed by atoms with Gasteiger partial charge in [-0.3, -0.25) is 9.36 Å². The number of hydrogen-bond acceptors (Lipinski definition) is 4. The van der Waals surface area contributed by atoms with Crippen LogP contribution in [0.2, 0.25) is 0 Å². The van der Waals surface area contributed by atoms with Gasteiger partial charge in [0.1, 0.15) is 6.16 Å². The Bertz CT molecular complexity index is 300. The van der Waals surface area contributed by atoms with Crippen molar-refractivity contribution in [2.24, 2.45) is 0 Å². The Morgan fingerprint density at radius 1 is 0.818 bits per heavy atom. The summed E-state index contributed by atoms with van der Waals surface area (Å²) in [7, 11) is -3.49. The van der Waals surface area contributed by atoms with Crippen LogP contribution in [-0.4, -0.2) is 30.5 Å². The molecule has 0 spiro atoms. The maximum Gasteiger partial charge on any atom is 0.341 e. The number of hydrogen-bond donors (Lipinski definition) is 1. The van der Waals surface area contributed by atoms with Gasteiger partial charge in [0, 0.05) is 0 Å². The van der Waals surface area contributed by atoms with Crippen LogP contribution in [0.5, 0.6) is 0 Å². The third-order valence-corrected chi connectivity index (χ3v) is 5.21. The quantitative estimate of drug-likeness (QED) is 0.308. The molecule has 0 bridgehead atoms. The molecule has 1 N–H and O–H groups in total. The van der Waals surface area contributed by atoms with E-state index in [4.69, 9.17) is 14.2 Å². The lowest BCUT2D eigenvalue weighted by atomic mass is 10.2. The smallest absolute Gasteiger partial charge is 0.341 e. The minimum atomic E-state index is -3.49. The summed E-state index contributed by atoms with van der Waals surface area (Å²) in [6, 6.07) is 0. The predicted molar refractivity (Wildman–Crippen MR) is 89.5 cm³/mol. The van der Waals surface area contributed by atoms with Crippen LogP contribution in [0, 0.1) is 0 Å². The monoisotopic (exact) mass is 336 g/mol. The molecule has 0 aromatic rings. The van der Waals surface area contributed by atoms with Gasteiger partial charge in [0.2, 0.25) is 0 Å². The van der Waals surface area contributed by atoms with E-state index in [9.17, 15) is 9.36 Å². The number of aliphatic carboxylic acids is 1. The Morgan fingerprint density at radius 2 is 1.23 bits per heavy atom. The first-order valence-corrected chi connectivity index (χ1v) is 10.4. The minimum absolute atomic E-state index is 0.310. The predicted octanol–water partition coefficient (Wildman–Crippen LogP) is 5.24. The lowest BCUT2D eigenvalue weighted by molar-refractivity contribution is -0.134. The van der Waals surface area contributed by atoms with Crippen LogP contribution in [0.15, 0.2) is 0 Å². The zero-order chi connectivity index (χ0) is 16.7. The average molecular weight is 336 g/mol. The van der Waals surface area contributed by atoms with Gasteiger partial charge in [-0.2, -0.15) is 0 Å². The van der Waals surface area contributed by atoms with E-state index in [0.717, 1.165) is 38.5 Å². The van der Waals surface area contributed by atoms with Gasteiger partial charge in [-0.1, -0.05) is 65.2 Å². The lowest BCUT2D eigenvalue weighted by Gasteiger charge is -2.17. The van der Waals surface area contributed by atoms with Gasteiger partial charge in [0.25, 0.3) is 0 Å². The van der Waals surface area contributed by atoms with E-state index in [1.54, 1.807) is 0 Å². The Kier molecular flexibility index (Phi) is 14.0. The summed E-state index contributed by atoms with van der Waals surface area (Å²) < 4.78 is 23.0. The highest BCUT2D eigenvalue weighted by molar-refractivity contribution is 7.54. The van der Waals surface area contributed by atoms with Crippen LogP contribution in [0.1, 0.15) is 78.1 Å². The number of rotatable bonds is 16. The van der Waals surface area contributed by atoms with Crippen LogP contribution in [0.3, 0.4) is 0 Å². The SMILES string of the molecule is CCCCCCCOP(=O)(CC(=O)O)OCCCCCCC.